The lowest BCUT2D eigenvalue weighted by Crippen LogP contribution is -2.18. The number of benzene rings is 1. The van der Waals surface area contributed by atoms with Crippen LogP contribution in [0, 0.1) is 5.92 Å². The van der Waals surface area contributed by atoms with E-state index in [2.05, 4.69) is 25.2 Å². The van der Waals surface area contributed by atoms with Crippen molar-refractivity contribution >= 4 is 27.3 Å². The molecule has 3 aromatic rings. The van der Waals surface area contributed by atoms with Crippen LogP contribution in [0.3, 0.4) is 0 Å². The van der Waals surface area contributed by atoms with E-state index in [1.165, 1.54) is 19.3 Å². The molecule has 0 bridgehead atoms. The first-order valence-electron chi connectivity index (χ1n) is 11.0. The van der Waals surface area contributed by atoms with E-state index in [1.54, 1.807) is 19.2 Å². The van der Waals surface area contributed by atoms with Crippen LogP contribution in [-0.4, -0.2) is 36.0 Å². The zero-order valence-corrected chi connectivity index (χ0v) is 19.0. The molecule has 170 valence electrons. The van der Waals surface area contributed by atoms with Gasteiger partial charge < -0.3 is 10.1 Å². The molecule has 0 aliphatic heterocycles. The average Bonchev–Trinajstić information content (AvgIpc) is 3.28. The monoisotopic (exact) mass is 455 g/mol. The summed E-state index contributed by atoms with van der Waals surface area (Å²) in [5.41, 5.74) is 2.10. The standard InChI is InChI=1S/C23H29N5O3S/c1-2-32(29,30)28-19-12-11-18(14-21(19)31-16-17-8-4-3-5-9-17)20-15-23(27-26-20)25-22-10-6-7-13-24-22/h6-7,10-15,17,28H,2-5,8-9,16H2,1H3,(H2,24,25,26,27). The van der Waals surface area contributed by atoms with Crippen molar-refractivity contribution in [1.82, 2.24) is 15.2 Å². The van der Waals surface area contributed by atoms with Crippen molar-refractivity contribution in [2.24, 2.45) is 5.92 Å². The first kappa shape index (κ1) is 22.1. The molecule has 1 aliphatic carbocycles. The third kappa shape index (κ3) is 5.79. The Morgan fingerprint density at radius 2 is 1.94 bits per heavy atom. The maximum Gasteiger partial charge on any atom is 0.232 e. The van der Waals surface area contributed by atoms with Crippen LogP contribution in [-0.2, 0) is 10.0 Å². The summed E-state index contributed by atoms with van der Waals surface area (Å²) in [4.78, 5) is 4.24. The SMILES string of the molecule is CCS(=O)(=O)Nc1ccc(-c2cc(Nc3ccccn3)n[nH]2)cc1OCC1CCCCC1. The Balaban J connectivity index is 1.55. The van der Waals surface area contributed by atoms with E-state index in [4.69, 9.17) is 4.74 Å². The van der Waals surface area contributed by atoms with Crippen molar-refractivity contribution in [3.8, 4) is 17.0 Å². The van der Waals surface area contributed by atoms with E-state index in [0.29, 0.717) is 35.6 Å². The van der Waals surface area contributed by atoms with E-state index in [1.807, 2.05) is 36.4 Å². The second-order valence-corrected chi connectivity index (χ2v) is 10.0. The lowest BCUT2D eigenvalue weighted by molar-refractivity contribution is 0.210. The van der Waals surface area contributed by atoms with Crippen molar-refractivity contribution in [2.75, 3.05) is 22.4 Å². The number of hydrogen-bond acceptors (Lipinski definition) is 6. The highest BCUT2D eigenvalue weighted by atomic mass is 32.2. The molecular weight excluding hydrogens is 426 g/mol. The van der Waals surface area contributed by atoms with Crippen molar-refractivity contribution in [3.05, 3.63) is 48.7 Å². The molecule has 1 fully saturated rings. The second kappa shape index (κ2) is 10.0. The lowest BCUT2D eigenvalue weighted by Gasteiger charge is -2.23. The van der Waals surface area contributed by atoms with Crippen molar-refractivity contribution < 1.29 is 13.2 Å². The van der Waals surface area contributed by atoms with Crippen molar-refractivity contribution in [3.63, 3.8) is 0 Å². The highest BCUT2D eigenvalue weighted by molar-refractivity contribution is 7.92. The van der Waals surface area contributed by atoms with Crippen LogP contribution in [0.5, 0.6) is 5.75 Å². The minimum absolute atomic E-state index is 0.0000837. The van der Waals surface area contributed by atoms with Gasteiger partial charge in [-0.3, -0.25) is 9.82 Å². The average molecular weight is 456 g/mol. The summed E-state index contributed by atoms with van der Waals surface area (Å²) in [7, 11) is -3.41. The molecule has 0 radical (unpaired) electrons. The molecule has 3 N–H and O–H groups in total. The first-order chi connectivity index (χ1) is 15.5. The van der Waals surface area contributed by atoms with Gasteiger partial charge in [-0.1, -0.05) is 31.4 Å². The van der Waals surface area contributed by atoms with Crippen LogP contribution in [0.2, 0.25) is 0 Å². The third-order valence-electron chi connectivity index (χ3n) is 5.64. The molecule has 2 aromatic heterocycles. The molecular formula is C23H29N5O3S. The third-order valence-corrected chi connectivity index (χ3v) is 6.93. The molecule has 4 rings (SSSR count). The van der Waals surface area contributed by atoms with E-state index in [9.17, 15) is 8.42 Å². The zero-order chi connectivity index (χ0) is 22.4. The molecule has 1 aliphatic rings. The zero-order valence-electron chi connectivity index (χ0n) is 18.2. The fourth-order valence-corrected chi connectivity index (χ4v) is 4.44. The summed E-state index contributed by atoms with van der Waals surface area (Å²) in [6.07, 6.45) is 7.74. The largest absolute Gasteiger partial charge is 0.491 e. The van der Waals surface area contributed by atoms with E-state index in [-0.39, 0.29) is 5.75 Å². The molecule has 8 nitrogen and oxygen atoms in total. The predicted octanol–water partition coefficient (Wildman–Crippen LogP) is 4.94. The van der Waals surface area contributed by atoms with Gasteiger partial charge in [0.2, 0.25) is 10.0 Å². The molecule has 0 saturated heterocycles. The summed E-state index contributed by atoms with van der Waals surface area (Å²) < 4.78 is 33.1. The Hall–Kier alpha value is -3.07. The van der Waals surface area contributed by atoms with Gasteiger partial charge in [0.25, 0.3) is 0 Å². The van der Waals surface area contributed by atoms with Crippen LogP contribution in [0.25, 0.3) is 11.3 Å². The molecule has 0 spiro atoms. The maximum absolute atomic E-state index is 12.2. The number of rotatable bonds is 9. The summed E-state index contributed by atoms with van der Waals surface area (Å²) in [6, 6.07) is 12.9. The van der Waals surface area contributed by atoms with Gasteiger partial charge >= 0.3 is 0 Å². The number of nitrogens with one attached hydrogen (secondary N) is 3. The Labute approximate surface area is 188 Å². The Morgan fingerprint density at radius 1 is 1.09 bits per heavy atom. The molecule has 32 heavy (non-hydrogen) atoms. The van der Waals surface area contributed by atoms with Gasteiger partial charge in [0.15, 0.2) is 5.82 Å². The molecule has 0 amide bonds. The fourth-order valence-electron chi connectivity index (χ4n) is 3.80. The highest BCUT2D eigenvalue weighted by Gasteiger charge is 2.18. The number of aromatic nitrogens is 3. The molecule has 0 unspecified atom stereocenters. The Kier molecular flexibility index (Phi) is 6.94. The summed E-state index contributed by atoms with van der Waals surface area (Å²) >= 11 is 0. The molecule has 9 heteroatoms. The van der Waals surface area contributed by atoms with E-state index >= 15 is 0 Å². The maximum atomic E-state index is 12.2. The lowest BCUT2D eigenvalue weighted by atomic mass is 9.90. The number of aromatic amines is 1. The van der Waals surface area contributed by atoms with Crippen molar-refractivity contribution in [2.45, 2.75) is 39.0 Å². The second-order valence-electron chi connectivity index (χ2n) is 8.04. The number of H-pyrrole nitrogens is 1. The fraction of sp³-hybridized carbons (Fsp3) is 0.391. The highest BCUT2D eigenvalue weighted by Crippen LogP contribution is 2.33. The van der Waals surface area contributed by atoms with Crippen LogP contribution in [0.1, 0.15) is 39.0 Å². The summed E-state index contributed by atoms with van der Waals surface area (Å²) in [6.45, 7) is 2.19. The smallest absolute Gasteiger partial charge is 0.232 e. The first-order valence-corrected chi connectivity index (χ1v) is 12.7. The quantitative estimate of drug-likeness (QED) is 0.422. The van der Waals surface area contributed by atoms with E-state index in [0.717, 1.165) is 24.1 Å². The predicted molar refractivity (Wildman–Crippen MR) is 127 cm³/mol. The Morgan fingerprint density at radius 3 is 2.69 bits per heavy atom. The van der Waals surface area contributed by atoms with Gasteiger partial charge in [-0.15, -0.1) is 0 Å². The number of pyridine rings is 1. The van der Waals surface area contributed by atoms with Crippen LogP contribution < -0.4 is 14.8 Å². The minimum Gasteiger partial charge on any atom is -0.491 e. The van der Waals surface area contributed by atoms with Gasteiger partial charge in [-0.2, -0.15) is 5.10 Å². The van der Waals surface area contributed by atoms with Crippen LogP contribution in [0.15, 0.2) is 48.7 Å². The number of ether oxygens (including phenoxy) is 1. The van der Waals surface area contributed by atoms with Gasteiger partial charge in [0.1, 0.15) is 11.6 Å². The van der Waals surface area contributed by atoms with E-state index < -0.39 is 10.0 Å². The number of sulfonamides is 1. The number of hydrogen-bond donors (Lipinski definition) is 3. The van der Waals surface area contributed by atoms with Gasteiger partial charge in [-0.25, -0.2) is 13.4 Å². The number of anilines is 3. The van der Waals surface area contributed by atoms with Gasteiger partial charge in [0, 0.05) is 17.8 Å². The van der Waals surface area contributed by atoms with Crippen molar-refractivity contribution in [1.29, 1.82) is 0 Å². The van der Waals surface area contributed by atoms with Crippen LogP contribution >= 0.6 is 0 Å². The van der Waals surface area contributed by atoms with Crippen LogP contribution in [0.4, 0.5) is 17.3 Å². The van der Waals surface area contributed by atoms with Gasteiger partial charge in [-0.05, 0) is 49.9 Å². The Bertz CT molecular complexity index is 1130. The van der Waals surface area contributed by atoms with Gasteiger partial charge in [0.05, 0.1) is 23.7 Å². The summed E-state index contributed by atoms with van der Waals surface area (Å²) in [5, 5.41) is 10.5. The molecule has 1 saturated carbocycles. The molecule has 1 aromatic carbocycles. The molecule has 2 heterocycles. The molecule has 0 atom stereocenters. The summed E-state index contributed by atoms with van der Waals surface area (Å²) in [5.74, 6) is 2.37. The normalized spacial score (nSPS) is 14.8. The topological polar surface area (TPSA) is 109 Å². The minimum atomic E-state index is -3.41. The number of nitrogens with zero attached hydrogens (tertiary/aromatic N) is 2.